The van der Waals surface area contributed by atoms with E-state index >= 15 is 0 Å². The van der Waals surface area contributed by atoms with E-state index in [1.54, 1.807) is 6.92 Å². The molecule has 0 bridgehead atoms. The zero-order chi connectivity index (χ0) is 21.8. The summed E-state index contributed by atoms with van der Waals surface area (Å²) in [6.07, 6.45) is 0. The van der Waals surface area contributed by atoms with Crippen LogP contribution in [0.15, 0.2) is 47.7 Å². The van der Waals surface area contributed by atoms with Gasteiger partial charge in [0, 0.05) is 10.7 Å². The highest BCUT2D eigenvalue weighted by molar-refractivity contribution is 6.31. The number of benzene rings is 2. The summed E-state index contributed by atoms with van der Waals surface area (Å²) in [5.41, 5.74) is 5.50. The zero-order valence-electron chi connectivity index (χ0n) is 17.6. The summed E-state index contributed by atoms with van der Waals surface area (Å²) in [6, 6.07) is 10.6. The number of nitrogens with one attached hydrogen (secondary N) is 3. The minimum Gasteiger partial charge on any atom is -0.463 e. The summed E-state index contributed by atoms with van der Waals surface area (Å²) in [7, 11) is 0. The molecular weight excluding hydrogens is 402 g/mol. The molecule has 2 aromatic rings. The first kappa shape index (κ1) is 21.7. The van der Waals surface area contributed by atoms with Crippen LogP contribution in [0.2, 0.25) is 5.02 Å². The van der Waals surface area contributed by atoms with Crippen LogP contribution in [0.3, 0.4) is 0 Å². The third-order valence-corrected chi connectivity index (χ3v) is 5.44. The van der Waals surface area contributed by atoms with Gasteiger partial charge in [0.25, 0.3) is 0 Å². The van der Waals surface area contributed by atoms with Crippen LogP contribution in [0.25, 0.3) is 0 Å². The lowest BCUT2D eigenvalue weighted by molar-refractivity contribution is -0.139. The van der Waals surface area contributed by atoms with Crippen LogP contribution in [0.4, 0.5) is 10.5 Å². The molecule has 1 aliphatic rings. The Balaban J connectivity index is 2.01. The van der Waals surface area contributed by atoms with E-state index in [0.29, 0.717) is 16.3 Å². The average molecular weight is 428 g/mol. The lowest BCUT2D eigenvalue weighted by atomic mass is 9.91. The van der Waals surface area contributed by atoms with Crippen LogP contribution in [-0.2, 0) is 9.53 Å². The van der Waals surface area contributed by atoms with Gasteiger partial charge in [-0.15, -0.1) is 0 Å². The number of anilines is 1. The first-order chi connectivity index (χ1) is 14.3. The van der Waals surface area contributed by atoms with Crippen molar-refractivity contribution in [1.29, 1.82) is 0 Å². The van der Waals surface area contributed by atoms with Crippen molar-refractivity contribution >= 4 is 29.3 Å². The van der Waals surface area contributed by atoms with Crippen molar-refractivity contribution in [2.24, 2.45) is 0 Å². The smallest absolute Gasteiger partial charge is 0.338 e. The average Bonchev–Trinajstić information content (AvgIpc) is 2.70. The summed E-state index contributed by atoms with van der Waals surface area (Å²) in [4.78, 5) is 25.3. The predicted octanol–water partition coefficient (Wildman–Crippen LogP) is 4.55. The topological polar surface area (TPSA) is 79.5 Å². The van der Waals surface area contributed by atoms with E-state index in [9.17, 15) is 9.59 Å². The van der Waals surface area contributed by atoms with Gasteiger partial charge in [0.1, 0.15) is 0 Å². The number of ether oxygens (including phenoxy) is 1. The van der Waals surface area contributed by atoms with E-state index < -0.39 is 12.0 Å². The van der Waals surface area contributed by atoms with Crippen molar-refractivity contribution in [3.05, 3.63) is 74.9 Å². The Hall–Kier alpha value is -2.99. The number of amides is 2. The maximum Gasteiger partial charge on any atom is 0.338 e. The fraction of sp³-hybridized carbons (Fsp3) is 0.304. The van der Waals surface area contributed by atoms with Crippen molar-refractivity contribution in [3.8, 4) is 0 Å². The minimum absolute atomic E-state index is 0.238. The molecule has 3 N–H and O–H groups in total. The van der Waals surface area contributed by atoms with Gasteiger partial charge in [-0.05, 0) is 56.5 Å². The zero-order valence-corrected chi connectivity index (χ0v) is 18.3. The van der Waals surface area contributed by atoms with Gasteiger partial charge >= 0.3 is 12.0 Å². The molecule has 0 saturated heterocycles. The van der Waals surface area contributed by atoms with Crippen molar-refractivity contribution < 1.29 is 14.3 Å². The summed E-state index contributed by atoms with van der Waals surface area (Å²) in [5.74, 6) is -0.463. The second-order valence-electron chi connectivity index (χ2n) is 7.32. The van der Waals surface area contributed by atoms with Crippen molar-refractivity contribution in [1.82, 2.24) is 10.6 Å². The monoisotopic (exact) mass is 427 g/mol. The Morgan fingerprint density at radius 2 is 1.87 bits per heavy atom. The third-order valence-electron chi connectivity index (χ3n) is 5.04. The molecule has 158 valence electrons. The first-order valence-corrected chi connectivity index (χ1v) is 10.2. The van der Waals surface area contributed by atoms with Crippen LogP contribution in [-0.4, -0.2) is 25.2 Å². The predicted molar refractivity (Wildman–Crippen MR) is 119 cm³/mol. The SMILES string of the molecule is CCOC(=O)C1=C(CNc2ccc(C)c(Cl)c2)NC(=O)N[C@H]1c1cc(C)ccc1C. The van der Waals surface area contributed by atoms with Gasteiger partial charge in [0.15, 0.2) is 0 Å². The molecule has 0 spiro atoms. The number of halogens is 1. The van der Waals surface area contributed by atoms with Crippen molar-refractivity contribution in [2.75, 3.05) is 18.5 Å². The lowest BCUT2D eigenvalue weighted by Crippen LogP contribution is -2.47. The number of aryl methyl sites for hydroxylation is 3. The quantitative estimate of drug-likeness (QED) is 0.591. The van der Waals surface area contributed by atoms with Gasteiger partial charge in [0.05, 0.1) is 30.5 Å². The second-order valence-corrected chi connectivity index (χ2v) is 7.73. The fourth-order valence-electron chi connectivity index (χ4n) is 3.40. The largest absolute Gasteiger partial charge is 0.463 e. The van der Waals surface area contributed by atoms with E-state index in [0.717, 1.165) is 27.9 Å². The molecule has 1 atom stereocenters. The third kappa shape index (κ3) is 4.76. The molecule has 0 saturated carbocycles. The Morgan fingerprint density at radius 1 is 1.13 bits per heavy atom. The first-order valence-electron chi connectivity index (χ1n) is 9.85. The Bertz CT molecular complexity index is 1020. The van der Waals surface area contributed by atoms with Crippen LogP contribution in [0.5, 0.6) is 0 Å². The molecule has 3 rings (SSSR count). The van der Waals surface area contributed by atoms with E-state index in [1.807, 2.05) is 57.2 Å². The molecule has 1 heterocycles. The lowest BCUT2D eigenvalue weighted by Gasteiger charge is -2.30. The molecule has 6 nitrogen and oxygen atoms in total. The van der Waals surface area contributed by atoms with Crippen molar-refractivity contribution in [2.45, 2.75) is 33.7 Å². The maximum atomic E-state index is 12.9. The van der Waals surface area contributed by atoms with Gasteiger partial charge in [-0.2, -0.15) is 0 Å². The van der Waals surface area contributed by atoms with E-state index in [2.05, 4.69) is 16.0 Å². The van der Waals surface area contributed by atoms with Gasteiger partial charge < -0.3 is 20.7 Å². The van der Waals surface area contributed by atoms with Gasteiger partial charge in [-0.3, -0.25) is 0 Å². The summed E-state index contributed by atoms with van der Waals surface area (Å²) >= 11 is 6.21. The van der Waals surface area contributed by atoms with E-state index in [1.165, 1.54) is 0 Å². The molecule has 30 heavy (non-hydrogen) atoms. The number of hydrogen-bond acceptors (Lipinski definition) is 4. The number of urea groups is 1. The Labute approximate surface area is 181 Å². The standard InChI is InChI=1S/C23H26ClN3O3/c1-5-30-22(28)20-19(12-25-16-9-8-15(4)18(24)11-16)26-23(29)27-21(20)17-10-13(2)6-7-14(17)3/h6-11,21,25H,5,12H2,1-4H3,(H2,26,27,29)/t21-/m0/s1. The molecule has 0 unspecified atom stereocenters. The number of carbonyl (C=O) groups excluding carboxylic acids is 2. The number of hydrogen-bond donors (Lipinski definition) is 3. The molecule has 0 fully saturated rings. The summed E-state index contributed by atoms with van der Waals surface area (Å²) < 4.78 is 5.32. The molecule has 0 radical (unpaired) electrons. The molecule has 2 amide bonds. The van der Waals surface area contributed by atoms with Crippen LogP contribution in [0.1, 0.15) is 35.2 Å². The van der Waals surface area contributed by atoms with Crippen LogP contribution < -0.4 is 16.0 Å². The van der Waals surface area contributed by atoms with E-state index in [4.69, 9.17) is 16.3 Å². The highest BCUT2D eigenvalue weighted by atomic mass is 35.5. The van der Waals surface area contributed by atoms with Crippen LogP contribution in [0, 0.1) is 20.8 Å². The Kier molecular flexibility index (Phi) is 6.67. The maximum absolute atomic E-state index is 12.9. The number of carbonyl (C=O) groups is 2. The van der Waals surface area contributed by atoms with Gasteiger partial charge in [-0.25, -0.2) is 9.59 Å². The number of rotatable bonds is 6. The van der Waals surface area contributed by atoms with E-state index in [-0.39, 0.29) is 19.2 Å². The molecule has 2 aromatic carbocycles. The normalized spacial score (nSPS) is 16.0. The highest BCUT2D eigenvalue weighted by Gasteiger charge is 2.34. The van der Waals surface area contributed by atoms with Crippen molar-refractivity contribution in [3.63, 3.8) is 0 Å². The van der Waals surface area contributed by atoms with Gasteiger partial charge in [-0.1, -0.05) is 41.4 Å². The molecule has 0 aliphatic carbocycles. The molecular formula is C23H26ClN3O3. The fourth-order valence-corrected chi connectivity index (χ4v) is 3.59. The summed E-state index contributed by atoms with van der Waals surface area (Å²) in [5, 5.41) is 9.52. The number of esters is 1. The van der Waals surface area contributed by atoms with Crippen LogP contribution >= 0.6 is 11.6 Å². The molecule has 0 aromatic heterocycles. The summed E-state index contributed by atoms with van der Waals surface area (Å²) in [6.45, 7) is 8.09. The Morgan fingerprint density at radius 3 is 2.57 bits per heavy atom. The minimum atomic E-state index is -0.601. The molecule has 1 aliphatic heterocycles. The van der Waals surface area contributed by atoms with Gasteiger partial charge in [0.2, 0.25) is 0 Å². The molecule has 7 heteroatoms. The highest BCUT2D eigenvalue weighted by Crippen LogP contribution is 2.31. The second kappa shape index (κ2) is 9.22.